The zero-order valence-electron chi connectivity index (χ0n) is 12.0. The fourth-order valence-electron chi connectivity index (χ4n) is 4.44. The molecule has 4 N–H and O–H groups in total. The van der Waals surface area contributed by atoms with Crippen molar-refractivity contribution in [1.82, 2.24) is 0 Å². The van der Waals surface area contributed by atoms with Crippen molar-refractivity contribution in [2.45, 2.75) is 39.0 Å². The van der Waals surface area contributed by atoms with Crippen LogP contribution in [0.15, 0.2) is 0 Å². The summed E-state index contributed by atoms with van der Waals surface area (Å²) in [6.07, 6.45) is -1.23. The average Bonchev–Trinajstić information content (AvgIpc) is 2.36. The minimum Gasteiger partial charge on any atom is -0.481 e. The van der Waals surface area contributed by atoms with E-state index in [0.29, 0.717) is 0 Å². The summed E-state index contributed by atoms with van der Waals surface area (Å²) < 4.78 is 0. The third kappa shape index (κ3) is 2.22. The smallest absolute Gasteiger partial charge is 0.309 e. The first-order chi connectivity index (χ1) is 9.96. The van der Waals surface area contributed by atoms with E-state index in [1.165, 1.54) is 6.92 Å². The standard InChI is InChI=1S/C14H18O8/c1-12(9(17)18)4-13(10(19)20)2-7(8(15)16)3-14(5-12,6-13)11(21)22/h7H,2-6H2,1H3,(H,15,16)(H,17,18)(H,19,20)(H,21,22). The number of carboxylic acid groups (broad SMARTS) is 4. The molecule has 0 heterocycles. The Labute approximate surface area is 125 Å². The topological polar surface area (TPSA) is 149 Å². The van der Waals surface area contributed by atoms with Crippen LogP contribution >= 0.6 is 0 Å². The summed E-state index contributed by atoms with van der Waals surface area (Å²) in [5, 5.41) is 37.8. The molecule has 0 aliphatic heterocycles. The van der Waals surface area contributed by atoms with Crippen molar-refractivity contribution in [1.29, 1.82) is 0 Å². The second kappa shape index (κ2) is 4.69. The molecule has 2 saturated carbocycles. The summed E-state index contributed by atoms with van der Waals surface area (Å²) >= 11 is 0. The summed E-state index contributed by atoms with van der Waals surface area (Å²) in [7, 11) is 0. The van der Waals surface area contributed by atoms with Crippen LogP contribution in [0.25, 0.3) is 0 Å². The summed E-state index contributed by atoms with van der Waals surface area (Å²) in [6.45, 7) is 1.34. The minimum absolute atomic E-state index is 0.225. The lowest BCUT2D eigenvalue weighted by atomic mass is 9.46. The molecule has 2 aliphatic carbocycles. The number of carbonyl (C=O) groups is 4. The van der Waals surface area contributed by atoms with E-state index in [-0.39, 0.29) is 32.1 Å². The monoisotopic (exact) mass is 314 g/mol. The van der Waals surface area contributed by atoms with E-state index >= 15 is 0 Å². The second-order valence-corrected chi connectivity index (χ2v) is 7.01. The molecule has 2 unspecified atom stereocenters. The molecule has 122 valence electrons. The Morgan fingerprint density at radius 2 is 1.18 bits per heavy atom. The predicted octanol–water partition coefficient (Wildman–Crippen LogP) is 0.898. The molecule has 0 amide bonds. The molecule has 0 aromatic carbocycles. The maximum atomic E-state index is 11.8. The molecular weight excluding hydrogens is 296 g/mol. The Kier molecular flexibility index (Phi) is 3.46. The van der Waals surface area contributed by atoms with Gasteiger partial charge in [-0.15, -0.1) is 0 Å². The van der Waals surface area contributed by atoms with Gasteiger partial charge in [0.2, 0.25) is 0 Å². The van der Waals surface area contributed by atoms with Crippen LogP contribution in [-0.2, 0) is 19.2 Å². The Balaban J connectivity index is 2.60. The van der Waals surface area contributed by atoms with Crippen molar-refractivity contribution in [3.63, 3.8) is 0 Å². The highest BCUT2D eigenvalue weighted by atomic mass is 16.4. The maximum Gasteiger partial charge on any atom is 0.309 e. The van der Waals surface area contributed by atoms with Crippen molar-refractivity contribution in [3.8, 4) is 0 Å². The summed E-state index contributed by atoms with van der Waals surface area (Å²) in [6, 6.07) is 0. The number of fused-ring (bicyclic) bond motifs is 2. The van der Waals surface area contributed by atoms with Crippen molar-refractivity contribution >= 4 is 23.9 Å². The Bertz CT molecular complexity index is 527. The van der Waals surface area contributed by atoms with E-state index in [0.717, 1.165) is 0 Å². The highest BCUT2D eigenvalue weighted by molar-refractivity contribution is 5.86. The fraction of sp³-hybridized carbons (Fsp3) is 0.714. The third-order valence-electron chi connectivity index (χ3n) is 5.18. The molecule has 2 aliphatic rings. The fourth-order valence-corrected chi connectivity index (χ4v) is 4.44. The van der Waals surface area contributed by atoms with E-state index in [1.807, 2.05) is 0 Å². The Morgan fingerprint density at radius 1 is 0.773 bits per heavy atom. The van der Waals surface area contributed by atoms with Gasteiger partial charge >= 0.3 is 23.9 Å². The van der Waals surface area contributed by atoms with Crippen LogP contribution in [0.5, 0.6) is 0 Å². The third-order valence-corrected chi connectivity index (χ3v) is 5.18. The van der Waals surface area contributed by atoms with Crippen molar-refractivity contribution in [3.05, 3.63) is 0 Å². The first kappa shape index (κ1) is 16.3. The molecule has 0 saturated heterocycles. The number of carboxylic acids is 4. The van der Waals surface area contributed by atoms with Gasteiger partial charge in [0.1, 0.15) is 0 Å². The van der Waals surface area contributed by atoms with Gasteiger partial charge in [0.15, 0.2) is 0 Å². The Hall–Kier alpha value is -2.12. The average molecular weight is 314 g/mol. The highest BCUT2D eigenvalue weighted by Gasteiger charge is 2.65. The molecule has 8 nitrogen and oxygen atoms in total. The predicted molar refractivity (Wildman–Crippen MR) is 70.1 cm³/mol. The molecule has 2 bridgehead atoms. The van der Waals surface area contributed by atoms with Crippen molar-refractivity contribution in [2.75, 3.05) is 0 Å². The van der Waals surface area contributed by atoms with E-state index in [4.69, 9.17) is 0 Å². The van der Waals surface area contributed by atoms with Gasteiger partial charge in [-0.3, -0.25) is 19.2 Å². The summed E-state index contributed by atoms with van der Waals surface area (Å²) in [5.41, 5.74) is -4.77. The SMILES string of the molecule is CC1(C(=O)O)CC2(C(=O)O)CC(C(=O)O)CC(C(=O)O)(C1)C2. The molecule has 0 radical (unpaired) electrons. The molecule has 0 spiro atoms. The molecular formula is C14H18O8. The van der Waals surface area contributed by atoms with Crippen LogP contribution in [0, 0.1) is 22.2 Å². The molecule has 22 heavy (non-hydrogen) atoms. The lowest BCUT2D eigenvalue weighted by Crippen LogP contribution is -2.58. The maximum absolute atomic E-state index is 11.8. The summed E-state index contributed by atoms with van der Waals surface area (Å²) in [5.74, 6) is -6.24. The van der Waals surface area contributed by atoms with Gasteiger partial charge in [0.05, 0.1) is 22.2 Å². The lowest BCUT2D eigenvalue weighted by molar-refractivity contribution is -0.190. The molecule has 2 atom stereocenters. The van der Waals surface area contributed by atoms with Crippen LogP contribution in [0.2, 0.25) is 0 Å². The largest absolute Gasteiger partial charge is 0.481 e. The van der Waals surface area contributed by atoms with Gasteiger partial charge in [-0.2, -0.15) is 0 Å². The number of hydrogen-bond acceptors (Lipinski definition) is 4. The lowest BCUT2D eigenvalue weighted by Gasteiger charge is -2.54. The normalized spacial score (nSPS) is 40.7. The molecule has 0 aromatic rings. The van der Waals surface area contributed by atoms with Gasteiger partial charge in [0, 0.05) is 0 Å². The first-order valence-corrected chi connectivity index (χ1v) is 6.89. The van der Waals surface area contributed by atoms with Gasteiger partial charge in [-0.1, -0.05) is 0 Å². The zero-order valence-corrected chi connectivity index (χ0v) is 12.0. The van der Waals surface area contributed by atoms with Crippen LogP contribution in [0.1, 0.15) is 39.0 Å². The Morgan fingerprint density at radius 3 is 1.45 bits per heavy atom. The number of hydrogen-bond donors (Lipinski definition) is 4. The minimum atomic E-state index is -1.63. The van der Waals surface area contributed by atoms with E-state index in [2.05, 4.69) is 0 Å². The zero-order chi connectivity index (χ0) is 16.9. The highest BCUT2D eigenvalue weighted by Crippen LogP contribution is 2.63. The molecule has 2 rings (SSSR count). The number of rotatable bonds is 4. The molecule has 8 heteroatoms. The van der Waals surface area contributed by atoms with Crippen LogP contribution in [0.3, 0.4) is 0 Å². The van der Waals surface area contributed by atoms with Gasteiger partial charge in [0.25, 0.3) is 0 Å². The van der Waals surface area contributed by atoms with E-state index in [9.17, 15) is 39.6 Å². The van der Waals surface area contributed by atoms with Crippen LogP contribution in [0.4, 0.5) is 0 Å². The molecule has 0 aromatic heterocycles. The van der Waals surface area contributed by atoms with Gasteiger partial charge < -0.3 is 20.4 Å². The first-order valence-electron chi connectivity index (χ1n) is 6.89. The van der Waals surface area contributed by atoms with Crippen molar-refractivity contribution < 1.29 is 39.6 Å². The quantitative estimate of drug-likeness (QED) is 0.597. The van der Waals surface area contributed by atoms with Gasteiger partial charge in [-0.25, -0.2) is 0 Å². The van der Waals surface area contributed by atoms with Crippen LogP contribution in [-0.4, -0.2) is 44.3 Å². The van der Waals surface area contributed by atoms with Crippen molar-refractivity contribution in [2.24, 2.45) is 22.2 Å². The van der Waals surface area contributed by atoms with E-state index < -0.39 is 46.0 Å². The molecule has 2 fully saturated rings. The van der Waals surface area contributed by atoms with E-state index in [1.54, 1.807) is 0 Å². The number of aliphatic carboxylic acids is 4. The van der Waals surface area contributed by atoms with Crippen LogP contribution < -0.4 is 0 Å². The van der Waals surface area contributed by atoms with Gasteiger partial charge in [-0.05, 0) is 39.0 Å². The second-order valence-electron chi connectivity index (χ2n) is 7.01. The summed E-state index contributed by atoms with van der Waals surface area (Å²) in [4.78, 5) is 46.4.